The summed E-state index contributed by atoms with van der Waals surface area (Å²) in [6.07, 6.45) is 5.52. The third-order valence-electron chi connectivity index (χ3n) is 4.67. The number of rotatable bonds is 3. The molecule has 2 N–H and O–H groups in total. The van der Waals surface area contributed by atoms with E-state index in [1.54, 1.807) is 14.2 Å². The fraction of sp³-hybridized carbons (Fsp3) is 0.647. The molecule has 1 unspecified atom stereocenters. The molecule has 0 spiro atoms. The van der Waals surface area contributed by atoms with Gasteiger partial charge in [-0.2, -0.15) is 0 Å². The van der Waals surface area contributed by atoms with E-state index in [9.17, 15) is 0 Å². The molecule has 1 aliphatic carbocycles. The maximum Gasteiger partial charge on any atom is 0.124 e. The van der Waals surface area contributed by atoms with Crippen LogP contribution in [0.15, 0.2) is 18.2 Å². The lowest BCUT2D eigenvalue weighted by Crippen LogP contribution is -2.36. The highest BCUT2D eigenvalue weighted by atomic mass is 16.5. The van der Waals surface area contributed by atoms with Crippen molar-refractivity contribution in [3.8, 4) is 11.5 Å². The van der Waals surface area contributed by atoms with Gasteiger partial charge in [0.05, 0.1) is 14.2 Å². The Morgan fingerprint density at radius 3 is 2.40 bits per heavy atom. The van der Waals surface area contributed by atoms with Crippen LogP contribution in [0.1, 0.15) is 51.5 Å². The largest absolute Gasteiger partial charge is 0.497 e. The Bertz CT molecular complexity index is 470. The van der Waals surface area contributed by atoms with Crippen LogP contribution in [0.5, 0.6) is 11.5 Å². The molecule has 0 heterocycles. The SMILES string of the molecule is COc1ccc(OC)c(C2(N)CCCC(C)(C)CC2)c1. The predicted molar refractivity (Wildman–Crippen MR) is 82.3 cm³/mol. The first-order valence-corrected chi connectivity index (χ1v) is 7.42. The lowest BCUT2D eigenvalue weighted by Gasteiger charge is -2.31. The fourth-order valence-electron chi connectivity index (χ4n) is 3.17. The van der Waals surface area contributed by atoms with E-state index in [0.29, 0.717) is 5.41 Å². The molecule has 1 aromatic carbocycles. The van der Waals surface area contributed by atoms with Crippen LogP contribution in [0.25, 0.3) is 0 Å². The van der Waals surface area contributed by atoms with E-state index in [0.717, 1.165) is 42.7 Å². The minimum atomic E-state index is -0.312. The fourth-order valence-corrected chi connectivity index (χ4v) is 3.17. The second kappa shape index (κ2) is 5.65. The Morgan fingerprint density at radius 2 is 1.75 bits per heavy atom. The van der Waals surface area contributed by atoms with Gasteiger partial charge in [-0.3, -0.25) is 0 Å². The van der Waals surface area contributed by atoms with Crippen molar-refractivity contribution in [2.75, 3.05) is 14.2 Å². The van der Waals surface area contributed by atoms with Gasteiger partial charge >= 0.3 is 0 Å². The quantitative estimate of drug-likeness (QED) is 0.854. The van der Waals surface area contributed by atoms with Crippen LogP contribution in [-0.4, -0.2) is 14.2 Å². The summed E-state index contributed by atoms with van der Waals surface area (Å²) in [6.45, 7) is 4.67. The van der Waals surface area contributed by atoms with Crippen molar-refractivity contribution < 1.29 is 9.47 Å². The molecule has 20 heavy (non-hydrogen) atoms. The number of nitrogens with two attached hydrogens (primary N) is 1. The molecule has 1 aromatic rings. The third kappa shape index (κ3) is 3.09. The van der Waals surface area contributed by atoms with Gasteiger partial charge in [-0.05, 0) is 49.3 Å². The summed E-state index contributed by atoms with van der Waals surface area (Å²) in [5.74, 6) is 1.71. The summed E-state index contributed by atoms with van der Waals surface area (Å²) < 4.78 is 10.9. The van der Waals surface area contributed by atoms with Crippen LogP contribution in [0, 0.1) is 5.41 Å². The first-order chi connectivity index (χ1) is 9.40. The number of benzene rings is 1. The molecular formula is C17H27NO2. The summed E-state index contributed by atoms with van der Waals surface area (Å²) in [5, 5.41) is 0. The Kier molecular flexibility index (Phi) is 4.28. The first-order valence-electron chi connectivity index (χ1n) is 7.42. The van der Waals surface area contributed by atoms with Gasteiger partial charge in [-0.15, -0.1) is 0 Å². The average Bonchev–Trinajstić information content (AvgIpc) is 2.58. The van der Waals surface area contributed by atoms with Gasteiger partial charge in [-0.1, -0.05) is 20.3 Å². The molecular weight excluding hydrogens is 250 g/mol. The molecule has 0 aromatic heterocycles. The summed E-state index contributed by atoms with van der Waals surface area (Å²) >= 11 is 0. The normalized spacial score (nSPS) is 25.9. The van der Waals surface area contributed by atoms with Gasteiger partial charge in [0.25, 0.3) is 0 Å². The van der Waals surface area contributed by atoms with Gasteiger partial charge < -0.3 is 15.2 Å². The van der Waals surface area contributed by atoms with Gasteiger partial charge in [0.15, 0.2) is 0 Å². The molecule has 3 nitrogen and oxygen atoms in total. The standard InChI is InChI=1S/C17H27NO2/c1-16(2)8-5-9-17(18,11-10-16)14-12-13(19-3)6-7-15(14)20-4/h6-7,12H,5,8-11,18H2,1-4H3. The van der Waals surface area contributed by atoms with Gasteiger partial charge in [0.1, 0.15) is 11.5 Å². The summed E-state index contributed by atoms with van der Waals surface area (Å²) in [6, 6.07) is 5.92. The van der Waals surface area contributed by atoms with Gasteiger partial charge in [0, 0.05) is 11.1 Å². The molecule has 1 fully saturated rings. The Morgan fingerprint density at radius 1 is 1.00 bits per heavy atom. The van der Waals surface area contributed by atoms with Crippen molar-refractivity contribution in [1.82, 2.24) is 0 Å². The van der Waals surface area contributed by atoms with Crippen LogP contribution in [-0.2, 0) is 5.54 Å². The highest BCUT2D eigenvalue weighted by molar-refractivity contribution is 5.44. The molecule has 1 saturated carbocycles. The average molecular weight is 277 g/mol. The molecule has 1 atom stereocenters. The van der Waals surface area contributed by atoms with Gasteiger partial charge in [-0.25, -0.2) is 0 Å². The zero-order valence-electron chi connectivity index (χ0n) is 13.2. The Labute approximate surface area is 122 Å². The van der Waals surface area contributed by atoms with Crippen molar-refractivity contribution in [3.63, 3.8) is 0 Å². The molecule has 0 bridgehead atoms. The molecule has 0 amide bonds. The van der Waals surface area contributed by atoms with Crippen molar-refractivity contribution in [2.45, 2.75) is 51.5 Å². The molecule has 2 rings (SSSR count). The monoisotopic (exact) mass is 277 g/mol. The van der Waals surface area contributed by atoms with Crippen LogP contribution < -0.4 is 15.2 Å². The smallest absolute Gasteiger partial charge is 0.124 e. The van der Waals surface area contributed by atoms with Gasteiger partial charge in [0.2, 0.25) is 0 Å². The predicted octanol–water partition coefficient (Wildman–Crippen LogP) is 3.85. The third-order valence-corrected chi connectivity index (χ3v) is 4.67. The Balaban J connectivity index is 2.37. The highest BCUT2D eigenvalue weighted by Gasteiger charge is 2.35. The molecule has 3 heteroatoms. The van der Waals surface area contributed by atoms with E-state index in [2.05, 4.69) is 13.8 Å². The van der Waals surface area contributed by atoms with E-state index >= 15 is 0 Å². The van der Waals surface area contributed by atoms with E-state index in [4.69, 9.17) is 15.2 Å². The second-order valence-electron chi connectivity index (χ2n) is 6.74. The minimum absolute atomic E-state index is 0.312. The summed E-state index contributed by atoms with van der Waals surface area (Å²) in [5.41, 5.74) is 7.92. The lowest BCUT2D eigenvalue weighted by molar-refractivity contribution is 0.294. The summed E-state index contributed by atoms with van der Waals surface area (Å²) in [7, 11) is 3.39. The van der Waals surface area contributed by atoms with Crippen molar-refractivity contribution in [3.05, 3.63) is 23.8 Å². The highest BCUT2D eigenvalue weighted by Crippen LogP contribution is 2.44. The van der Waals surface area contributed by atoms with Crippen molar-refractivity contribution in [2.24, 2.45) is 11.1 Å². The first kappa shape index (κ1) is 15.2. The van der Waals surface area contributed by atoms with E-state index in [-0.39, 0.29) is 5.54 Å². The maximum absolute atomic E-state index is 6.77. The topological polar surface area (TPSA) is 44.5 Å². The van der Waals surface area contributed by atoms with Crippen LogP contribution in [0.4, 0.5) is 0 Å². The molecule has 0 aliphatic heterocycles. The van der Waals surface area contributed by atoms with Crippen molar-refractivity contribution in [1.29, 1.82) is 0 Å². The zero-order chi connectivity index (χ0) is 14.8. The van der Waals surface area contributed by atoms with E-state index in [1.165, 1.54) is 6.42 Å². The van der Waals surface area contributed by atoms with Crippen molar-refractivity contribution >= 4 is 0 Å². The molecule has 0 saturated heterocycles. The molecule has 112 valence electrons. The maximum atomic E-state index is 6.77. The molecule has 1 aliphatic rings. The zero-order valence-corrected chi connectivity index (χ0v) is 13.2. The molecule has 0 radical (unpaired) electrons. The second-order valence-corrected chi connectivity index (χ2v) is 6.74. The lowest BCUT2D eigenvalue weighted by atomic mass is 9.80. The van der Waals surface area contributed by atoms with Crippen LogP contribution in [0.3, 0.4) is 0 Å². The van der Waals surface area contributed by atoms with Crippen LogP contribution >= 0.6 is 0 Å². The number of ether oxygens (including phenoxy) is 2. The number of methoxy groups -OCH3 is 2. The summed E-state index contributed by atoms with van der Waals surface area (Å²) in [4.78, 5) is 0. The Hall–Kier alpha value is -1.22. The van der Waals surface area contributed by atoms with E-state index in [1.807, 2.05) is 18.2 Å². The van der Waals surface area contributed by atoms with Crippen LogP contribution in [0.2, 0.25) is 0 Å². The number of hydrogen-bond donors (Lipinski definition) is 1. The van der Waals surface area contributed by atoms with E-state index < -0.39 is 0 Å². The minimum Gasteiger partial charge on any atom is -0.497 e. The number of hydrogen-bond acceptors (Lipinski definition) is 3.